The summed E-state index contributed by atoms with van der Waals surface area (Å²) in [6.07, 6.45) is 2.26. The summed E-state index contributed by atoms with van der Waals surface area (Å²) in [7, 11) is 3.81. The molecule has 1 heterocycles. The fourth-order valence-corrected chi connectivity index (χ4v) is 3.42. The number of likely N-dealkylation sites (N-methyl/N-ethyl adjacent to an activating group) is 1. The molecule has 0 spiro atoms. The van der Waals surface area contributed by atoms with Crippen molar-refractivity contribution in [3.8, 4) is 0 Å². The predicted molar refractivity (Wildman–Crippen MR) is 86.6 cm³/mol. The lowest BCUT2D eigenvalue weighted by atomic mass is 9.81. The van der Waals surface area contributed by atoms with Gasteiger partial charge in [-0.1, -0.05) is 45.0 Å². The van der Waals surface area contributed by atoms with Crippen molar-refractivity contribution >= 4 is 0 Å². The Kier molecular flexibility index (Phi) is 5.42. The highest BCUT2D eigenvalue weighted by Gasteiger charge is 2.34. The van der Waals surface area contributed by atoms with E-state index in [0.717, 1.165) is 19.4 Å². The van der Waals surface area contributed by atoms with E-state index < -0.39 is 0 Å². The SMILES string of the molecule is CNC(CC1OCCc2ccccc21)C(OC)C(C)(C)C. The van der Waals surface area contributed by atoms with Gasteiger partial charge in [0, 0.05) is 13.2 Å². The third kappa shape index (κ3) is 3.85. The normalized spacial score (nSPS) is 21.7. The van der Waals surface area contributed by atoms with Gasteiger partial charge in [0.2, 0.25) is 0 Å². The van der Waals surface area contributed by atoms with E-state index in [1.165, 1.54) is 11.1 Å². The lowest BCUT2D eigenvalue weighted by molar-refractivity contribution is -0.0361. The topological polar surface area (TPSA) is 30.5 Å². The summed E-state index contributed by atoms with van der Waals surface area (Å²) in [6, 6.07) is 8.91. The van der Waals surface area contributed by atoms with Crippen molar-refractivity contribution < 1.29 is 9.47 Å². The molecule has 1 aliphatic heterocycles. The fourth-order valence-electron chi connectivity index (χ4n) is 3.42. The summed E-state index contributed by atoms with van der Waals surface area (Å²) >= 11 is 0. The van der Waals surface area contributed by atoms with Gasteiger partial charge in [-0.25, -0.2) is 0 Å². The van der Waals surface area contributed by atoms with Crippen LogP contribution in [0.1, 0.15) is 44.4 Å². The molecule has 0 saturated heterocycles. The van der Waals surface area contributed by atoms with Gasteiger partial charge >= 0.3 is 0 Å². The first-order chi connectivity index (χ1) is 9.97. The fraction of sp³-hybridized carbons (Fsp3) is 0.667. The van der Waals surface area contributed by atoms with Gasteiger partial charge in [-0.05, 0) is 36.4 Å². The van der Waals surface area contributed by atoms with Crippen molar-refractivity contribution in [2.24, 2.45) is 5.41 Å². The molecule has 1 N–H and O–H groups in total. The summed E-state index contributed by atoms with van der Waals surface area (Å²) in [5.41, 5.74) is 2.86. The number of hydrogen-bond acceptors (Lipinski definition) is 3. The quantitative estimate of drug-likeness (QED) is 0.902. The summed E-state index contributed by atoms with van der Waals surface area (Å²) in [5, 5.41) is 3.43. The molecule has 0 saturated carbocycles. The Morgan fingerprint density at radius 2 is 2.05 bits per heavy atom. The number of benzene rings is 1. The van der Waals surface area contributed by atoms with E-state index in [1.54, 1.807) is 7.11 Å². The first kappa shape index (κ1) is 16.5. The van der Waals surface area contributed by atoms with E-state index in [9.17, 15) is 0 Å². The Balaban J connectivity index is 2.16. The zero-order chi connectivity index (χ0) is 15.5. The van der Waals surface area contributed by atoms with Crippen molar-refractivity contribution in [1.29, 1.82) is 0 Å². The van der Waals surface area contributed by atoms with Crippen molar-refractivity contribution in [3.63, 3.8) is 0 Å². The molecular formula is C18H29NO2. The largest absolute Gasteiger partial charge is 0.379 e. The van der Waals surface area contributed by atoms with Crippen molar-refractivity contribution in [2.45, 2.75) is 51.9 Å². The highest BCUT2D eigenvalue weighted by atomic mass is 16.5. The molecule has 1 aliphatic rings. The summed E-state index contributed by atoms with van der Waals surface area (Å²) in [4.78, 5) is 0. The highest BCUT2D eigenvalue weighted by molar-refractivity contribution is 5.31. The predicted octanol–water partition coefficient (Wildman–Crippen LogP) is 3.34. The van der Waals surface area contributed by atoms with Crippen LogP contribution >= 0.6 is 0 Å². The molecule has 0 radical (unpaired) electrons. The lowest BCUT2D eigenvalue weighted by Crippen LogP contribution is -2.47. The smallest absolute Gasteiger partial charge is 0.0843 e. The number of ether oxygens (including phenoxy) is 2. The molecule has 21 heavy (non-hydrogen) atoms. The highest BCUT2D eigenvalue weighted by Crippen LogP contribution is 2.34. The molecule has 0 fully saturated rings. The molecule has 0 aliphatic carbocycles. The van der Waals surface area contributed by atoms with Crippen LogP contribution in [-0.2, 0) is 15.9 Å². The van der Waals surface area contributed by atoms with Crippen molar-refractivity contribution in [2.75, 3.05) is 20.8 Å². The Labute approximate surface area is 129 Å². The molecule has 0 bridgehead atoms. The lowest BCUT2D eigenvalue weighted by Gasteiger charge is -2.38. The third-order valence-corrected chi connectivity index (χ3v) is 4.40. The maximum absolute atomic E-state index is 6.05. The van der Waals surface area contributed by atoms with Gasteiger partial charge in [-0.2, -0.15) is 0 Å². The van der Waals surface area contributed by atoms with E-state index in [-0.39, 0.29) is 23.7 Å². The van der Waals surface area contributed by atoms with E-state index in [2.05, 4.69) is 50.4 Å². The van der Waals surface area contributed by atoms with E-state index >= 15 is 0 Å². The summed E-state index contributed by atoms with van der Waals surface area (Å²) in [6.45, 7) is 7.48. The molecule has 3 unspecified atom stereocenters. The first-order valence-electron chi connectivity index (χ1n) is 7.87. The zero-order valence-corrected chi connectivity index (χ0v) is 14.0. The van der Waals surface area contributed by atoms with Crippen LogP contribution in [0.5, 0.6) is 0 Å². The van der Waals surface area contributed by atoms with Crippen LogP contribution in [0.2, 0.25) is 0 Å². The standard InChI is InChI=1S/C18H29NO2/c1-18(2,3)17(20-5)15(19-4)12-16-14-9-7-6-8-13(14)10-11-21-16/h6-9,15-17,19H,10-12H2,1-5H3. The Morgan fingerprint density at radius 1 is 1.33 bits per heavy atom. The second kappa shape index (κ2) is 6.91. The van der Waals surface area contributed by atoms with Crippen LogP contribution in [0, 0.1) is 5.41 Å². The molecule has 118 valence electrons. The maximum Gasteiger partial charge on any atom is 0.0843 e. The van der Waals surface area contributed by atoms with Gasteiger partial charge in [0.15, 0.2) is 0 Å². The molecule has 3 nitrogen and oxygen atoms in total. The molecule has 3 heteroatoms. The molecule has 1 aromatic carbocycles. The molecule has 0 aromatic heterocycles. The van der Waals surface area contributed by atoms with Crippen molar-refractivity contribution in [1.82, 2.24) is 5.32 Å². The number of rotatable bonds is 5. The molecule has 3 atom stereocenters. The molecule has 1 aromatic rings. The van der Waals surface area contributed by atoms with Crippen LogP contribution in [-0.4, -0.2) is 32.9 Å². The van der Waals surface area contributed by atoms with Gasteiger partial charge in [-0.3, -0.25) is 0 Å². The molecule has 0 amide bonds. The number of nitrogens with one attached hydrogen (secondary N) is 1. The third-order valence-electron chi connectivity index (χ3n) is 4.40. The van der Waals surface area contributed by atoms with E-state index in [1.807, 2.05) is 7.05 Å². The average Bonchev–Trinajstić information content (AvgIpc) is 2.45. The minimum atomic E-state index is 0.0939. The Bertz CT molecular complexity index is 453. The van der Waals surface area contributed by atoms with E-state index in [0.29, 0.717) is 0 Å². The Morgan fingerprint density at radius 3 is 2.67 bits per heavy atom. The average molecular weight is 291 g/mol. The summed E-state index contributed by atoms with van der Waals surface area (Å²) < 4.78 is 11.8. The van der Waals surface area contributed by atoms with Gasteiger partial charge < -0.3 is 14.8 Å². The maximum atomic E-state index is 6.05. The summed E-state index contributed by atoms with van der Waals surface area (Å²) in [5.74, 6) is 0. The van der Waals surface area contributed by atoms with Crippen LogP contribution in [0.15, 0.2) is 24.3 Å². The first-order valence-corrected chi connectivity index (χ1v) is 7.87. The van der Waals surface area contributed by atoms with Gasteiger partial charge in [0.05, 0.1) is 18.8 Å². The monoisotopic (exact) mass is 291 g/mol. The molecule has 2 rings (SSSR count). The van der Waals surface area contributed by atoms with Crippen LogP contribution in [0.25, 0.3) is 0 Å². The van der Waals surface area contributed by atoms with Crippen molar-refractivity contribution in [3.05, 3.63) is 35.4 Å². The van der Waals surface area contributed by atoms with Gasteiger partial charge in [0.1, 0.15) is 0 Å². The van der Waals surface area contributed by atoms with E-state index in [4.69, 9.17) is 9.47 Å². The number of hydrogen-bond donors (Lipinski definition) is 1. The number of methoxy groups -OCH3 is 1. The zero-order valence-electron chi connectivity index (χ0n) is 14.0. The number of fused-ring (bicyclic) bond motifs is 1. The Hall–Kier alpha value is -0.900. The second-order valence-corrected chi connectivity index (χ2v) is 6.96. The van der Waals surface area contributed by atoms with Crippen LogP contribution in [0.3, 0.4) is 0 Å². The second-order valence-electron chi connectivity index (χ2n) is 6.96. The minimum absolute atomic E-state index is 0.0939. The van der Waals surface area contributed by atoms with Gasteiger partial charge in [-0.15, -0.1) is 0 Å². The minimum Gasteiger partial charge on any atom is -0.379 e. The van der Waals surface area contributed by atoms with Gasteiger partial charge in [0.25, 0.3) is 0 Å². The van der Waals surface area contributed by atoms with Crippen LogP contribution < -0.4 is 5.32 Å². The molecular weight excluding hydrogens is 262 g/mol. The van der Waals surface area contributed by atoms with Crippen LogP contribution in [0.4, 0.5) is 0 Å².